The Labute approximate surface area is 87.5 Å². The first kappa shape index (κ1) is 8.54. The van der Waals surface area contributed by atoms with Crippen LogP contribution in [0.2, 0.25) is 0 Å². The second kappa shape index (κ2) is 3.02. The SMILES string of the molecule is Cc1ccc(C2CC2)c(I)c1C. The second-order valence-electron chi connectivity index (χ2n) is 3.68. The van der Waals surface area contributed by atoms with Crippen LogP contribution in [0.3, 0.4) is 0 Å². The predicted molar refractivity (Wildman–Crippen MR) is 60.6 cm³/mol. The first-order valence-corrected chi connectivity index (χ1v) is 5.53. The molecule has 0 radical (unpaired) electrons. The zero-order chi connectivity index (χ0) is 8.72. The first-order chi connectivity index (χ1) is 5.70. The predicted octanol–water partition coefficient (Wildman–Crippen LogP) is 3.79. The molecule has 1 fully saturated rings. The minimum absolute atomic E-state index is 0.885. The zero-order valence-corrected chi connectivity index (χ0v) is 9.68. The molecule has 0 amide bonds. The third kappa shape index (κ3) is 1.39. The van der Waals surface area contributed by atoms with Gasteiger partial charge in [-0.25, -0.2) is 0 Å². The Morgan fingerprint density at radius 3 is 2.50 bits per heavy atom. The standard InChI is InChI=1S/C11H13I/c1-7-3-6-10(9-4-5-9)11(12)8(7)2/h3,6,9H,4-5H2,1-2H3. The average Bonchev–Trinajstić information content (AvgIpc) is 2.84. The molecule has 1 aliphatic carbocycles. The van der Waals surface area contributed by atoms with Crippen molar-refractivity contribution in [1.29, 1.82) is 0 Å². The lowest BCUT2D eigenvalue weighted by Crippen LogP contribution is -1.92. The van der Waals surface area contributed by atoms with Crippen LogP contribution in [0, 0.1) is 17.4 Å². The van der Waals surface area contributed by atoms with Crippen LogP contribution in [-0.4, -0.2) is 0 Å². The van der Waals surface area contributed by atoms with Gasteiger partial charge in [0.2, 0.25) is 0 Å². The van der Waals surface area contributed by atoms with Crippen molar-refractivity contribution in [3.05, 3.63) is 32.4 Å². The number of halogens is 1. The zero-order valence-electron chi connectivity index (χ0n) is 7.52. The van der Waals surface area contributed by atoms with Crippen molar-refractivity contribution in [2.45, 2.75) is 32.6 Å². The van der Waals surface area contributed by atoms with E-state index >= 15 is 0 Å². The topological polar surface area (TPSA) is 0 Å². The molecule has 2 rings (SSSR count). The molecule has 1 aromatic rings. The quantitative estimate of drug-likeness (QED) is 0.682. The van der Waals surface area contributed by atoms with E-state index in [2.05, 4.69) is 48.6 Å². The Morgan fingerprint density at radius 2 is 1.92 bits per heavy atom. The molecule has 0 aromatic heterocycles. The van der Waals surface area contributed by atoms with Crippen molar-refractivity contribution in [1.82, 2.24) is 0 Å². The Hall–Kier alpha value is -0.0500. The lowest BCUT2D eigenvalue weighted by Gasteiger charge is -2.08. The molecule has 0 heterocycles. The normalized spacial score (nSPS) is 16.6. The van der Waals surface area contributed by atoms with Gasteiger partial charge in [0.25, 0.3) is 0 Å². The highest BCUT2D eigenvalue weighted by molar-refractivity contribution is 14.1. The van der Waals surface area contributed by atoms with Gasteiger partial charge in [-0.3, -0.25) is 0 Å². The maximum absolute atomic E-state index is 2.49. The summed E-state index contributed by atoms with van der Waals surface area (Å²) < 4.78 is 1.50. The summed E-state index contributed by atoms with van der Waals surface area (Å²) >= 11 is 2.49. The molecular formula is C11H13I. The molecular weight excluding hydrogens is 259 g/mol. The largest absolute Gasteiger partial charge is 0.0587 e. The van der Waals surface area contributed by atoms with Crippen molar-refractivity contribution in [2.24, 2.45) is 0 Å². The molecule has 1 aromatic carbocycles. The van der Waals surface area contributed by atoms with Crippen LogP contribution in [0.5, 0.6) is 0 Å². The van der Waals surface area contributed by atoms with E-state index in [1.54, 1.807) is 5.56 Å². The van der Waals surface area contributed by atoms with Crippen LogP contribution < -0.4 is 0 Å². The Balaban J connectivity index is 2.49. The molecule has 0 aliphatic heterocycles. The fourth-order valence-corrected chi connectivity index (χ4v) is 2.56. The summed E-state index contributed by atoms with van der Waals surface area (Å²) in [5, 5.41) is 0. The minimum Gasteiger partial charge on any atom is -0.0587 e. The maximum Gasteiger partial charge on any atom is 0.0197 e. The highest BCUT2D eigenvalue weighted by Crippen LogP contribution is 2.42. The molecule has 0 saturated heterocycles. The van der Waals surface area contributed by atoms with Gasteiger partial charge in [-0.05, 0) is 71.9 Å². The fraction of sp³-hybridized carbons (Fsp3) is 0.455. The van der Waals surface area contributed by atoms with Crippen LogP contribution in [0.1, 0.15) is 35.4 Å². The van der Waals surface area contributed by atoms with E-state index in [0.717, 1.165) is 5.92 Å². The van der Waals surface area contributed by atoms with E-state index in [-0.39, 0.29) is 0 Å². The molecule has 12 heavy (non-hydrogen) atoms. The molecule has 0 atom stereocenters. The van der Waals surface area contributed by atoms with Crippen LogP contribution in [0.25, 0.3) is 0 Å². The van der Waals surface area contributed by atoms with Crippen molar-refractivity contribution in [2.75, 3.05) is 0 Å². The van der Waals surface area contributed by atoms with Gasteiger partial charge in [-0.15, -0.1) is 0 Å². The average molecular weight is 272 g/mol. The summed E-state index contributed by atoms with van der Waals surface area (Å²) in [6.07, 6.45) is 2.80. The van der Waals surface area contributed by atoms with Gasteiger partial charge in [0.1, 0.15) is 0 Å². The van der Waals surface area contributed by atoms with E-state index < -0.39 is 0 Å². The summed E-state index contributed by atoms with van der Waals surface area (Å²) in [5.41, 5.74) is 4.47. The summed E-state index contributed by atoms with van der Waals surface area (Å²) in [6.45, 7) is 4.41. The smallest absolute Gasteiger partial charge is 0.0197 e. The van der Waals surface area contributed by atoms with E-state index in [0.29, 0.717) is 0 Å². The van der Waals surface area contributed by atoms with Gasteiger partial charge in [0.05, 0.1) is 0 Å². The van der Waals surface area contributed by atoms with Gasteiger partial charge in [0, 0.05) is 3.57 Å². The lowest BCUT2D eigenvalue weighted by molar-refractivity contribution is 1.09. The second-order valence-corrected chi connectivity index (χ2v) is 4.76. The van der Waals surface area contributed by atoms with E-state index in [1.165, 1.54) is 27.5 Å². The molecule has 1 aliphatic rings. The highest BCUT2D eigenvalue weighted by Gasteiger charge is 2.25. The van der Waals surface area contributed by atoms with Gasteiger partial charge < -0.3 is 0 Å². The van der Waals surface area contributed by atoms with Gasteiger partial charge in [0.15, 0.2) is 0 Å². The van der Waals surface area contributed by atoms with E-state index in [9.17, 15) is 0 Å². The van der Waals surface area contributed by atoms with E-state index in [1.807, 2.05) is 0 Å². The highest BCUT2D eigenvalue weighted by atomic mass is 127. The van der Waals surface area contributed by atoms with Crippen molar-refractivity contribution < 1.29 is 0 Å². The van der Waals surface area contributed by atoms with Gasteiger partial charge >= 0.3 is 0 Å². The molecule has 0 spiro atoms. The summed E-state index contributed by atoms with van der Waals surface area (Å²) in [6, 6.07) is 4.56. The Morgan fingerprint density at radius 1 is 1.25 bits per heavy atom. The van der Waals surface area contributed by atoms with Crippen LogP contribution in [0.4, 0.5) is 0 Å². The summed E-state index contributed by atoms with van der Waals surface area (Å²) in [5.74, 6) is 0.885. The van der Waals surface area contributed by atoms with Gasteiger partial charge in [-0.1, -0.05) is 12.1 Å². The Bertz CT molecular complexity index is 311. The first-order valence-electron chi connectivity index (χ1n) is 4.45. The monoisotopic (exact) mass is 272 g/mol. The fourth-order valence-electron chi connectivity index (χ4n) is 1.51. The molecule has 1 heteroatoms. The number of benzene rings is 1. The minimum atomic E-state index is 0.885. The van der Waals surface area contributed by atoms with Crippen molar-refractivity contribution >= 4 is 22.6 Å². The molecule has 0 unspecified atom stereocenters. The third-order valence-corrected chi connectivity index (χ3v) is 4.14. The molecule has 0 bridgehead atoms. The summed E-state index contributed by atoms with van der Waals surface area (Å²) in [4.78, 5) is 0. The lowest BCUT2D eigenvalue weighted by atomic mass is 10.0. The molecule has 0 N–H and O–H groups in total. The number of rotatable bonds is 1. The Kier molecular flexibility index (Phi) is 2.15. The summed E-state index contributed by atoms with van der Waals surface area (Å²) in [7, 11) is 0. The third-order valence-electron chi connectivity index (χ3n) is 2.70. The van der Waals surface area contributed by atoms with Crippen molar-refractivity contribution in [3.63, 3.8) is 0 Å². The van der Waals surface area contributed by atoms with Crippen LogP contribution >= 0.6 is 22.6 Å². The number of aryl methyl sites for hydroxylation is 1. The molecule has 1 saturated carbocycles. The van der Waals surface area contributed by atoms with Gasteiger partial charge in [-0.2, -0.15) is 0 Å². The number of hydrogen-bond acceptors (Lipinski definition) is 0. The number of hydrogen-bond donors (Lipinski definition) is 0. The maximum atomic E-state index is 2.49. The molecule has 0 nitrogen and oxygen atoms in total. The van der Waals surface area contributed by atoms with Crippen molar-refractivity contribution in [3.8, 4) is 0 Å². The molecule has 64 valence electrons. The van der Waals surface area contributed by atoms with Crippen LogP contribution in [-0.2, 0) is 0 Å². The van der Waals surface area contributed by atoms with Crippen LogP contribution in [0.15, 0.2) is 12.1 Å². The van der Waals surface area contributed by atoms with E-state index in [4.69, 9.17) is 0 Å².